The van der Waals surface area contributed by atoms with E-state index in [0.717, 1.165) is 34.7 Å². The number of carbonyl (C=O) groups is 1. The third-order valence-electron chi connectivity index (χ3n) is 5.19. The number of rotatable bonds is 3. The number of fused-ring (bicyclic) bond motifs is 3. The van der Waals surface area contributed by atoms with Crippen molar-refractivity contribution in [2.24, 2.45) is 0 Å². The number of nitrogens with zero attached hydrogens (tertiary/aromatic N) is 6. The maximum absolute atomic E-state index is 12.5. The van der Waals surface area contributed by atoms with Crippen molar-refractivity contribution in [2.75, 3.05) is 31.1 Å². The highest BCUT2D eigenvalue weighted by Gasteiger charge is 2.26. The molecule has 3 aromatic heterocycles. The van der Waals surface area contributed by atoms with Crippen LogP contribution < -0.4 is 4.90 Å². The van der Waals surface area contributed by atoms with Gasteiger partial charge in [-0.15, -0.1) is 10.2 Å². The van der Waals surface area contributed by atoms with Gasteiger partial charge in [0.1, 0.15) is 5.82 Å². The lowest BCUT2D eigenvalue weighted by molar-refractivity contribution is 0.0714. The first-order valence-electron chi connectivity index (χ1n) is 9.46. The van der Waals surface area contributed by atoms with E-state index in [9.17, 15) is 4.79 Å². The van der Waals surface area contributed by atoms with Crippen molar-refractivity contribution in [2.45, 2.75) is 13.3 Å². The van der Waals surface area contributed by atoms with Crippen molar-refractivity contribution in [1.29, 1.82) is 0 Å². The zero-order chi connectivity index (χ0) is 19.1. The van der Waals surface area contributed by atoms with Gasteiger partial charge in [0.05, 0.1) is 17.3 Å². The lowest BCUT2D eigenvalue weighted by atomic mass is 10.2. The number of para-hydroxylation sites is 2. The van der Waals surface area contributed by atoms with Crippen LogP contribution in [0.5, 0.6) is 0 Å². The van der Waals surface area contributed by atoms with E-state index in [1.54, 1.807) is 12.1 Å². The first-order chi connectivity index (χ1) is 13.8. The molecule has 1 aliphatic rings. The van der Waals surface area contributed by atoms with Crippen LogP contribution in [0.15, 0.2) is 47.1 Å². The molecule has 4 aromatic rings. The number of aryl methyl sites for hydroxylation is 1. The molecule has 1 saturated heterocycles. The number of amides is 1. The van der Waals surface area contributed by atoms with Gasteiger partial charge in [0, 0.05) is 32.6 Å². The summed E-state index contributed by atoms with van der Waals surface area (Å²) in [6.45, 7) is 4.65. The Morgan fingerprint density at radius 2 is 1.89 bits per heavy atom. The zero-order valence-corrected chi connectivity index (χ0v) is 15.6. The van der Waals surface area contributed by atoms with Crippen molar-refractivity contribution >= 4 is 28.4 Å². The monoisotopic (exact) mass is 376 g/mol. The normalized spacial score (nSPS) is 14.9. The van der Waals surface area contributed by atoms with Gasteiger partial charge in [0.25, 0.3) is 5.91 Å². The molecular weight excluding hydrogens is 356 g/mol. The smallest absolute Gasteiger partial charge is 0.289 e. The fourth-order valence-electron chi connectivity index (χ4n) is 3.74. The highest BCUT2D eigenvalue weighted by Crippen LogP contribution is 2.26. The maximum Gasteiger partial charge on any atom is 0.289 e. The molecular formula is C20H20N6O2. The van der Waals surface area contributed by atoms with Crippen molar-refractivity contribution < 1.29 is 9.21 Å². The van der Waals surface area contributed by atoms with E-state index >= 15 is 0 Å². The standard InChI is InChI=1S/C20H20N6O2/c1-2-17-22-23-19-18(21-14-6-3-4-7-15(14)26(17)19)24-9-11-25(12-10-24)20(27)16-8-5-13-28-16/h3-8,13H,2,9-12H2,1H3. The number of hydrogen-bond donors (Lipinski definition) is 0. The molecule has 142 valence electrons. The van der Waals surface area contributed by atoms with Crippen LogP contribution in [-0.2, 0) is 6.42 Å². The average Bonchev–Trinajstić information content (AvgIpc) is 3.43. The molecule has 1 fully saturated rings. The van der Waals surface area contributed by atoms with Crippen LogP contribution in [0.3, 0.4) is 0 Å². The SMILES string of the molecule is CCc1nnc2c(N3CCN(C(=O)c4ccco4)CC3)nc3ccccc3n12. The van der Waals surface area contributed by atoms with Gasteiger partial charge in [-0.2, -0.15) is 0 Å². The van der Waals surface area contributed by atoms with E-state index in [4.69, 9.17) is 9.40 Å². The molecule has 4 heterocycles. The van der Waals surface area contributed by atoms with Crippen LogP contribution >= 0.6 is 0 Å². The second-order valence-corrected chi connectivity index (χ2v) is 6.81. The second kappa shape index (κ2) is 6.63. The molecule has 0 N–H and O–H groups in total. The number of piperazine rings is 1. The number of benzene rings is 1. The van der Waals surface area contributed by atoms with E-state index < -0.39 is 0 Å². The predicted molar refractivity (Wildman–Crippen MR) is 104 cm³/mol. The Hall–Kier alpha value is -3.42. The van der Waals surface area contributed by atoms with E-state index in [-0.39, 0.29) is 5.91 Å². The van der Waals surface area contributed by atoms with Crippen LogP contribution in [0.4, 0.5) is 5.82 Å². The molecule has 1 amide bonds. The van der Waals surface area contributed by atoms with E-state index in [0.29, 0.717) is 31.9 Å². The van der Waals surface area contributed by atoms with Crippen molar-refractivity contribution in [3.8, 4) is 0 Å². The Labute approximate surface area is 161 Å². The van der Waals surface area contributed by atoms with E-state index in [2.05, 4.69) is 26.4 Å². The number of carbonyl (C=O) groups excluding carboxylic acids is 1. The van der Waals surface area contributed by atoms with Crippen molar-refractivity contribution in [1.82, 2.24) is 24.5 Å². The minimum Gasteiger partial charge on any atom is -0.459 e. The number of aromatic nitrogens is 4. The Morgan fingerprint density at radius 1 is 1.07 bits per heavy atom. The summed E-state index contributed by atoms with van der Waals surface area (Å²) in [4.78, 5) is 21.4. The van der Waals surface area contributed by atoms with Crippen LogP contribution in [0, 0.1) is 0 Å². The third-order valence-corrected chi connectivity index (χ3v) is 5.19. The van der Waals surface area contributed by atoms with Gasteiger partial charge in [-0.25, -0.2) is 4.98 Å². The number of furan rings is 1. The first kappa shape index (κ1) is 16.7. The van der Waals surface area contributed by atoms with Gasteiger partial charge in [0.2, 0.25) is 5.65 Å². The highest BCUT2D eigenvalue weighted by molar-refractivity contribution is 5.91. The average molecular weight is 376 g/mol. The Balaban J connectivity index is 1.48. The largest absolute Gasteiger partial charge is 0.459 e. The molecule has 5 rings (SSSR count). The molecule has 8 nitrogen and oxygen atoms in total. The third kappa shape index (κ3) is 2.60. The minimum atomic E-state index is -0.0722. The predicted octanol–water partition coefficient (Wildman–Crippen LogP) is 2.40. The topological polar surface area (TPSA) is 79.8 Å². The molecule has 0 bridgehead atoms. The lowest BCUT2D eigenvalue weighted by Crippen LogP contribution is -2.49. The summed E-state index contributed by atoms with van der Waals surface area (Å²) in [5, 5.41) is 8.79. The molecule has 1 aromatic carbocycles. The maximum atomic E-state index is 12.5. The Bertz CT molecular complexity index is 1140. The molecule has 8 heteroatoms. The van der Waals surface area contributed by atoms with Gasteiger partial charge < -0.3 is 14.2 Å². The summed E-state index contributed by atoms with van der Waals surface area (Å²) in [6.07, 6.45) is 2.32. The zero-order valence-electron chi connectivity index (χ0n) is 15.6. The molecule has 0 atom stereocenters. The summed E-state index contributed by atoms with van der Waals surface area (Å²) < 4.78 is 7.34. The summed E-state index contributed by atoms with van der Waals surface area (Å²) in [5.41, 5.74) is 2.68. The Morgan fingerprint density at radius 3 is 2.64 bits per heavy atom. The van der Waals surface area contributed by atoms with Crippen molar-refractivity contribution in [3.63, 3.8) is 0 Å². The van der Waals surface area contributed by atoms with Gasteiger partial charge in [-0.3, -0.25) is 9.20 Å². The Kier molecular flexibility index (Phi) is 3.96. The van der Waals surface area contributed by atoms with Crippen LogP contribution in [-0.4, -0.2) is 56.6 Å². The summed E-state index contributed by atoms with van der Waals surface area (Å²) in [6, 6.07) is 11.5. The lowest BCUT2D eigenvalue weighted by Gasteiger charge is -2.35. The van der Waals surface area contributed by atoms with E-state index in [1.807, 2.05) is 29.2 Å². The van der Waals surface area contributed by atoms with Gasteiger partial charge in [-0.05, 0) is 24.3 Å². The van der Waals surface area contributed by atoms with Crippen LogP contribution in [0.2, 0.25) is 0 Å². The summed E-state index contributed by atoms with van der Waals surface area (Å²) in [7, 11) is 0. The summed E-state index contributed by atoms with van der Waals surface area (Å²) >= 11 is 0. The second-order valence-electron chi connectivity index (χ2n) is 6.81. The molecule has 0 radical (unpaired) electrons. The van der Waals surface area contributed by atoms with Gasteiger partial charge >= 0.3 is 0 Å². The molecule has 0 aliphatic carbocycles. The fraction of sp³-hybridized carbons (Fsp3) is 0.300. The van der Waals surface area contributed by atoms with Gasteiger partial charge in [0.15, 0.2) is 11.6 Å². The molecule has 1 aliphatic heterocycles. The fourth-order valence-corrected chi connectivity index (χ4v) is 3.74. The first-order valence-corrected chi connectivity index (χ1v) is 9.46. The van der Waals surface area contributed by atoms with Crippen LogP contribution in [0.1, 0.15) is 23.3 Å². The van der Waals surface area contributed by atoms with Crippen molar-refractivity contribution in [3.05, 3.63) is 54.2 Å². The number of hydrogen-bond acceptors (Lipinski definition) is 6. The molecule has 0 saturated carbocycles. The molecule has 0 spiro atoms. The quantitative estimate of drug-likeness (QED) is 0.546. The minimum absolute atomic E-state index is 0.0722. The van der Waals surface area contributed by atoms with E-state index in [1.165, 1.54) is 6.26 Å². The molecule has 28 heavy (non-hydrogen) atoms. The highest BCUT2D eigenvalue weighted by atomic mass is 16.3. The summed E-state index contributed by atoms with van der Waals surface area (Å²) in [5.74, 6) is 2.04. The molecule has 0 unspecified atom stereocenters. The number of anilines is 1. The van der Waals surface area contributed by atoms with Crippen LogP contribution in [0.25, 0.3) is 16.7 Å². The van der Waals surface area contributed by atoms with Gasteiger partial charge in [-0.1, -0.05) is 19.1 Å².